The Balaban J connectivity index is 2.48. The lowest BCUT2D eigenvalue weighted by Crippen LogP contribution is -2.03. The van der Waals surface area contributed by atoms with Crippen molar-refractivity contribution in [2.24, 2.45) is 0 Å². The first-order valence-corrected chi connectivity index (χ1v) is 6.80. The van der Waals surface area contributed by atoms with Crippen LogP contribution in [0, 0.1) is 20.8 Å². The van der Waals surface area contributed by atoms with Gasteiger partial charge < -0.3 is 5.11 Å². The molecule has 2 aromatic rings. The zero-order valence-electron chi connectivity index (χ0n) is 10.9. The average Bonchev–Trinajstić information content (AvgIpc) is 2.32. The Kier molecular flexibility index (Phi) is 3.88. The number of aliphatic hydroxyl groups is 1. The molecule has 18 heavy (non-hydrogen) atoms. The monoisotopic (exact) mass is 304 g/mol. The van der Waals surface area contributed by atoms with Crippen LogP contribution in [0.3, 0.4) is 0 Å². The average molecular weight is 305 g/mol. The summed E-state index contributed by atoms with van der Waals surface area (Å²) in [7, 11) is 0. The summed E-state index contributed by atoms with van der Waals surface area (Å²) in [5.74, 6) is 0. The Hall–Kier alpha value is -1.12. The Morgan fingerprint density at radius 2 is 1.67 bits per heavy atom. The van der Waals surface area contributed by atoms with E-state index in [1.54, 1.807) is 0 Å². The highest BCUT2D eigenvalue weighted by molar-refractivity contribution is 9.10. The molecule has 2 aromatic carbocycles. The van der Waals surface area contributed by atoms with Crippen molar-refractivity contribution in [1.82, 2.24) is 0 Å². The lowest BCUT2D eigenvalue weighted by atomic mass is 9.95. The second kappa shape index (κ2) is 5.25. The van der Waals surface area contributed by atoms with E-state index in [2.05, 4.69) is 28.9 Å². The van der Waals surface area contributed by atoms with E-state index in [0.29, 0.717) is 0 Å². The predicted molar refractivity (Wildman–Crippen MR) is 78.9 cm³/mol. The zero-order valence-corrected chi connectivity index (χ0v) is 12.5. The van der Waals surface area contributed by atoms with Crippen LogP contribution in [-0.2, 0) is 0 Å². The van der Waals surface area contributed by atoms with Gasteiger partial charge in [0, 0.05) is 4.47 Å². The molecule has 94 valence electrons. The number of aliphatic hydroxyl groups excluding tert-OH is 1. The fourth-order valence-corrected chi connectivity index (χ4v) is 2.66. The lowest BCUT2D eigenvalue weighted by Gasteiger charge is -2.17. The minimum Gasteiger partial charge on any atom is -0.384 e. The van der Waals surface area contributed by atoms with Gasteiger partial charge in [0.1, 0.15) is 6.10 Å². The van der Waals surface area contributed by atoms with Crippen molar-refractivity contribution in [3.05, 3.63) is 68.7 Å². The SMILES string of the molecule is Cc1ccc(C(O)c2cccc(C)c2Br)c(C)c1. The molecule has 0 aromatic heterocycles. The number of rotatable bonds is 2. The van der Waals surface area contributed by atoms with Crippen LogP contribution in [0.15, 0.2) is 40.9 Å². The molecule has 0 aliphatic carbocycles. The summed E-state index contributed by atoms with van der Waals surface area (Å²) in [5, 5.41) is 10.5. The summed E-state index contributed by atoms with van der Waals surface area (Å²) in [6.45, 7) is 6.13. The van der Waals surface area contributed by atoms with Crippen LogP contribution in [0.2, 0.25) is 0 Å². The van der Waals surface area contributed by atoms with Crippen LogP contribution in [0.1, 0.15) is 33.9 Å². The topological polar surface area (TPSA) is 20.2 Å². The Morgan fingerprint density at radius 3 is 2.33 bits per heavy atom. The Morgan fingerprint density at radius 1 is 0.944 bits per heavy atom. The quantitative estimate of drug-likeness (QED) is 0.868. The fourth-order valence-electron chi connectivity index (χ4n) is 2.18. The summed E-state index contributed by atoms with van der Waals surface area (Å²) in [6, 6.07) is 12.1. The molecule has 0 radical (unpaired) electrons. The summed E-state index contributed by atoms with van der Waals surface area (Å²) in [6.07, 6.45) is -0.583. The molecule has 0 aliphatic rings. The molecular formula is C16H17BrO. The molecule has 0 aliphatic heterocycles. The van der Waals surface area contributed by atoms with Crippen LogP contribution in [0.25, 0.3) is 0 Å². The molecule has 0 bridgehead atoms. The maximum atomic E-state index is 10.5. The van der Waals surface area contributed by atoms with E-state index >= 15 is 0 Å². The van der Waals surface area contributed by atoms with E-state index in [0.717, 1.165) is 26.7 Å². The molecule has 1 nitrogen and oxygen atoms in total. The van der Waals surface area contributed by atoms with Gasteiger partial charge in [0.15, 0.2) is 0 Å². The zero-order chi connectivity index (χ0) is 13.3. The third kappa shape index (κ3) is 2.50. The molecule has 2 heteroatoms. The van der Waals surface area contributed by atoms with Gasteiger partial charge in [0.25, 0.3) is 0 Å². The van der Waals surface area contributed by atoms with Crippen LogP contribution in [-0.4, -0.2) is 5.11 Å². The van der Waals surface area contributed by atoms with Gasteiger partial charge in [-0.15, -0.1) is 0 Å². The number of halogens is 1. The second-order valence-corrected chi connectivity index (χ2v) is 5.53. The lowest BCUT2D eigenvalue weighted by molar-refractivity contribution is 0.218. The number of hydrogen-bond donors (Lipinski definition) is 1. The molecule has 0 spiro atoms. The molecule has 1 N–H and O–H groups in total. The highest BCUT2D eigenvalue weighted by atomic mass is 79.9. The first-order chi connectivity index (χ1) is 8.50. The highest BCUT2D eigenvalue weighted by Crippen LogP contribution is 2.32. The molecule has 1 unspecified atom stereocenters. The van der Waals surface area contributed by atoms with Crippen molar-refractivity contribution in [2.45, 2.75) is 26.9 Å². The first kappa shape index (κ1) is 13.3. The normalized spacial score (nSPS) is 12.5. The summed E-state index contributed by atoms with van der Waals surface area (Å²) in [4.78, 5) is 0. The van der Waals surface area contributed by atoms with Crippen LogP contribution in [0.4, 0.5) is 0 Å². The molecular weight excluding hydrogens is 288 g/mol. The number of hydrogen-bond acceptors (Lipinski definition) is 1. The summed E-state index contributed by atoms with van der Waals surface area (Å²) >= 11 is 3.56. The second-order valence-electron chi connectivity index (χ2n) is 4.74. The van der Waals surface area contributed by atoms with Crippen LogP contribution in [0.5, 0.6) is 0 Å². The maximum Gasteiger partial charge on any atom is 0.105 e. The standard InChI is InChI=1S/C16H17BrO/c1-10-7-8-13(12(3)9-10)16(18)14-6-4-5-11(2)15(14)17/h4-9,16,18H,1-3H3. The van der Waals surface area contributed by atoms with Gasteiger partial charge in [-0.25, -0.2) is 0 Å². The van der Waals surface area contributed by atoms with Crippen molar-refractivity contribution >= 4 is 15.9 Å². The molecule has 1 atom stereocenters. The van der Waals surface area contributed by atoms with Crippen molar-refractivity contribution < 1.29 is 5.11 Å². The fraction of sp³-hybridized carbons (Fsp3) is 0.250. The molecule has 0 amide bonds. The highest BCUT2D eigenvalue weighted by Gasteiger charge is 2.16. The Labute approximate surface area is 117 Å². The van der Waals surface area contributed by atoms with Crippen molar-refractivity contribution in [3.8, 4) is 0 Å². The van der Waals surface area contributed by atoms with E-state index in [4.69, 9.17) is 0 Å². The van der Waals surface area contributed by atoms with E-state index in [9.17, 15) is 5.11 Å². The largest absolute Gasteiger partial charge is 0.384 e. The third-order valence-corrected chi connectivity index (χ3v) is 4.32. The van der Waals surface area contributed by atoms with Gasteiger partial charge >= 0.3 is 0 Å². The van der Waals surface area contributed by atoms with E-state index in [-0.39, 0.29) is 0 Å². The molecule has 0 saturated carbocycles. The van der Waals surface area contributed by atoms with Gasteiger partial charge in [-0.1, -0.05) is 57.9 Å². The van der Waals surface area contributed by atoms with Gasteiger partial charge in [-0.2, -0.15) is 0 Å². The predicted octanol–water partition coefficient (Wildman–Crippen LogP) is 4.46. The van der Waals surface area contributed by atoms with Crippen molar-refractivity contribution in [2.75, 3.05) is 0 Å². The van der Waals surface area contributed by atoms with Crippen LogP contribution >= 0.6 is 15.9 Å². The van der Waals surface area contributed by atoms with Gasteiger partial charge in [-0.05, 0) is 43.0 Å². The van der Waals surface area contributed by atoms with Crippen LogP contribution < -0.4 is 0 Å². The molecule has 0 heterocycles. The minimum absolute atomic E-state index is 0.583. The number of benzene rings is 2. The summed E-state index contributed by atoms with van der Waals surface area (Å²) < 4.78 is 0.984. The Bertz CT molecular complexity index is 575. The van der Waals surface area contributed by atoms with Gasteiger partial charge in [0.05, 0.1) is 0 Å². The van der Waals surface area contributed by atoms with Crippen molar-refractivity contribution in [1.29, 1.82) is 0 Å². The molecule has 0 fully saturated rings. The molecule has 2 rings (SSSR count). The van der Waals surface area contributed by atoms with E-state index < -0.39 is 6.10 Å². The van der Waals surface area contributed by atoms with Gasteiger partial charge in [0.2, 0.25) is 0 Å². The smallest absolute Gasteiger partial charge is 0.105 e. The number of aryl methyl sites for hydroxylation is 3. The summed E-state index contributed by atoms with van der Waals surface area (Å²) in [5.41, 5.74) is 5.35. The van der Waals surface area contributed by atoms with Crippen molar-refractivity contribution in [3.63, 3.8) is 0 Å². The first-order valence-electron chi connectivity index (χ1n) is 6.01. The minimum atomic E-state index is -0.583. The maximum absolute atomic E-state index is 10.5. The molecule has 0 saturated heterocycles. The van der Waals surface area contributed by atoms with Gasteiger partial charge in [-0.3, -0.25) is 0 Å². The van der Waals surface area contributed by atoms with E-state index in [1.807, 2.05) is 44.2 Å². The van der Waals surface area contributed by atoms with E-state index in [1.165, 1.54) is 5.56 Å². The third-order valence-electron chi connectivity index (χ3n) is 3.24.